The van der Waals surface area contributed by atoms with Crippen LogP contribution in [0.4, 0.5) is 0 Å². The molecular formula is C7H15N3O2. The van der Waals surface area contributed by atoms with Crippen molar-refractivity contribution in [1.82, 2.24) is 10.2 Å². The summed E-state index contributed by atoms with van der Waals surface area (Å²) in [6, 6.07) is -0.467. The highest BCUT2D eigenvalue weighted by Crippen LogP contribution is 1.94. The first-order chi connectivity index (χ1) is 5.54. The number of rotatable bonds is 3. The maximum atomic E-state index is 11.0. The van der Waals surface area contributed by atoms with Gasteiger partial charge in [-0.3, -0.25) is 9.59 Å². The first-order valence-electron chi connectivity index (χ1n) is 3.72. The molecule has 1 atom stereocenters. The molecule has 0 bridgehead atoms. The van der Waals surface area contributed by atoms with Gasteiger partial charge in [-0.1, -0.05) is 0 Å². The summed E-state index contributed by atoms with van der Waals surface area (Å²) in [5.74, 6) is -0.439. The molecule has 0 radical (unpaired) electrons. The standard InChI is InChI=1S/C7H15N3O2/c1-5(7(12)9-2)10(3)6(11)4-8/h5H,4,8H2,1-3H3,(H,9,12)/t5-/m1/s1. The minimum atomic E-state index is -0.467. The Morgan fingerprint density at radius 1 is 1.58 bits per heavy atom. The molecule has 5 heteroatoms. The quantitative estimate of drug-likeness (QED) is 0.547. The Labute approximate surface area is 71.9 Å². The van der Waals surface area contributed by atoms with Crippen molar-refractivity contribution in [2.75, 3.05) is 20.6 Å². The number of likely N-dealkylation sites (N-methyl/N-ethyl adjacent to an activating group) is 2. The molecule has 0 heterocycles. The average molecular weight is 173 g/mol. The second-order valence-electron chi connectivity index (χ2n) is 2.50. The molecule has 0 saturated heterocycles. The Kier molecular flexibility index (Phi) is 4.28. The number of carbonyl (C=O) groups excluding carboxylic acids is 2. The molecule has 5 nitrogen and oxygen atoms in total. The summed E-state index contributed by atoms with van der Waals surface area (Å²) >= 11 is 0. The summed E-state index contributed by atoms with van der Waals surface area (Å²) in [5, 5.41) is 2.45. The fraction of sp³-hybridized carbons (Fsp3) is 0.714. The molecule has 0 aliphatic carbocycles. The molecule has 0 unspecified atom stereocenters. The van der Waals surface area contributed by atoms with Gasteiger partial charge < -0.3 is 16.0 Å². The van der Waals surface area contributed by atoms with Crippen LogP contribution in [0.5, 0.6) is 0 Å². The lowest BCUT2D eigenvalue weighted by Crippen LogP contribution is -2.46. The first kappa shape index (κ1) is 10.9. The zero-order chi connectivity index (χ0) is 9.72. The van der Waals surface area contributed by atoms with Crippen molar-refractivity contribution >= 4 is 11.8 Å². The molecule has 0 aliphatic heterocycles. The van der Waals surface area contributed by atoms with Crippen molar-refractivity contribution in [1.29, 1.82) is 0 Å². The lowest BCUT2D eigenvalue weighted by Gasteiger charge is -2.22. The summed E-state index contributed by atoms with van der Waals surface area (Å²) in [4.78, 5) is 23.3. The van der Waals surface area contributed by atoms with E-state index in [1.54, 1.807) is 14.0 Å². The van der Waals surface area contributed by atoms with Crippen molar-refractivity contribution < 1.29 is 9.59 Å². The van der Waals surface area contributed by atoms with Crippen LogP contribution in [0.2, 0.25) is 0 Å². The van der Waals surface area contributed by atoms with E-state index < -0.39 is 6.04 Å². The van der Waals surface area contributed by atoms with Crippen LogP contribution in [-0.4, -0.2) is 43.4 Å². The number of hydrogen-bond donors (Lipinski definition) is 2. The average Bonchev–Trinajstić information content (AvgIpc) is 2.12. The van der Waals surface area contributed by atoms with Gasteiger partial charge in [0.25, 0.3) is 0 Å². The molecule has 0 aromatic rings. The number of carbonyl (C=O) groups is 2. The highest BCUT2D eigenvalue weighted by atomic mass is 16.2. The van der Waals surface area contributed by atoms with E-state index in [0.717, 1.165) is 0 Å². The van der Waals surface area contributed by atoms with E-state index in [1.165, 1.54) is 11.9 Å². The number of nitrogens with two attached hydrogens (primary N) is 1. The van der Waals surface area contributed by atoms with Gasteiger partial charge in [-0.2, -0.15) is 0 Å². The maximum Gasteiger partial charge on any atom is 0.242 e. The molecule has 3 N–H and O–H groups in total. The third-order valence-electron chi connectivity index (χ3n) is 1.77. The molecule has 0 rings (SSSR count). The van der Waals surface area contributed by atoms with Crippen molar-refractivity contribution in [3.8, 4) is 0 Å². The van der Waals surface area contributed by atoms with E-state index in [4.69, 9.17) is 5.73 Å². The monoisotopic (exact) mass is 173 g/mol. The summed E-state index contributed by atoms with van der Waals surface area (Å²) in [6.07, 6.45) is 0. The summed E-state index contributed by atoms with van der Waals surface area (Å²) < 4.78 is 0. The fourth-order valence-electron chi connectivity index (χ4n) is 0.745. The van der Waals surface area contributed by atoms with Gasteiger partial charge in [-0.15, -0.1) is 0 Å². The van der Waals surface area contributed by atoms with Crippen LogP contribution < -0.4 is 11.1 Å². The molecule has 0 aromatic heterocycles. The van der Waals surface area contributed by atoms with Crippen molar-refractivity contribution in [2.24, 2.45) is 5.73 Å². The Hall–Kier alpha value is -1.10. The lowest BCUT2D eigenvalue weighted by atomic mass is 10.3. The van der Waals surface area contributed by atoms with Crippen molar-refractivity contribution in [2.45, 2.75) is 13.0 Å². The Morgan fingerprint density at radius 2 is 2.08 bits per heavy atom. The molecule has 0 aliphatic rings. The zero-order valence-corrected chi connectivity index (χ0v) is 7.63. The number of nitrogens with zero attached hydrogens (tertiary/aromatic N) is 1. The lowest BCUT2D eigenvalue weighted by molar-refractivity contribution is -0.137. The third kappa shape index (κ3) is 2.50. The van der Waals surface area contributed by atoms with E-state index in [9.17, 15) is 9.59 Å². The Balaban J connectivity index is 4.18. The molecule has 0 spiro atoms. The van der Waals surface area contributed by atoms with E-state index >= 15 is 0 Å². The Morgan fingerprint density at radius 3 is 2.42 bits per heavy atom. The van der Waals surface area contributed by atoms with E-state index in [1.807, 2.05) is 0 Å². The van der Waals surface area contributed by atoms with E-state index in [2.05, 4.69) is 5.32 Å². The molecule has 0 aromatic carbocycles. The highest BCUT2D eigenvalue weighted by molar-refractivity contribution is 5.87. The van der Waals surface area contributed by atoms with Gasteiger partial charge in [0, 0.05) is 14.1 Å². The Bertz CT molecular complexity index is 161. The minimum Gasteiger partial charge on any atom is -0.357 e. The predicted octanol–water partition coefficient (Wildman–Crippen LogP) is -1.46. The van der Waals surface area contributed by atoms with E-state index in [-0.39, 0.29) is 18.4 Å². The van der Waals surface area contributed by atoms with Gasteiger partial charge in [-0.25, -0.2) is 0 Å². The SMILES string of the molecule is CNC(=O)[C@@H](C)N(C)C(=O)CN. The van der Waals surface area contributed by atoms with Crippen molar-refractivity contribution in [3.05, 3.63) is 0 Å². The summed E-state index contributed by atoms with van der Waals surface area (Å²) in [6.45, 7) is 1.57. The van der Waals surface area contributed by atoms with Crippen molar-refractivity contribution in [3.63, 3.8) is 0 Å². The summed E-state index contributed by atoms with van der Waals surface area (Å²) in [7, 11) is 3.08. The largest absolute Gasteiger partial charge is 0.357 e. The van der Waals surface area contributed by atoms with Crippen LogP contribution in [0.1, 0.15) is 6.92 Å². The van der Waals surface area contributed by atoms with Gasteiger partial charge in [0.15, 0.2) is 0 Å². The topological polar surface area (TPSA) is 75.4 Å². The third-order valence-corrected chi connectivity index (χ3v) is 1.77. The predicted molar refractivity (Wildman–Crippen MR) is 45.4 cm³/mol. The van der Waals surface area contributed by atoms with Gasteiger partial charge in [-0.05, 0) is 6.92 Å². The second kappa shape index (κ2) is 4.71. The summed E-state index contributed by atoms with van der Waals surface area (Å²) in [5.41, 5.74) is 5.13. The molecule has 70 valence electrons. The number of hydrogen-bond acceptors (Lipinski definition) is 3. The van der Waals surface area contributed by atoms with Crippen LogP contribution in [-0.2, 0) is 9.59 Å². The van der Waals surface area contributed by atoms with Gasteiger partial charge in [0.05, 0.1) is 6.54 Å². The van der Waals surface area contributed by atoms with Crippen LogP contribution in [0.15, 0.2) is 0 Å². The normalized spacial score (nSPS) is 12.0. The molecule has 0 fully saturated rings. The number of nitrogens with one attached hydrogen (secondary N) is 1. The molecule has 12 heavy (non-hydrogen) atoms. The van der Waals surface area contributed by atoms with Crippen LogP contribution in [0, 0.1) is 0 Å². The maximum absolute atomic E-state index is 11.0. The molecule has 0 saturated carbocycles. The molecule has 2 amide bonds. The minimum absolute atomic E-state index is 0.0716. The highest BCUT2D eigenvalue weighted by Gasteiger charge is 2.19. The second-order valence-corrected chi connectivity index (χ2v) is 2.50. The van der Waals surface area contributed by atoms with E-state index in [0.29, 0.717) is 0 Å². The first-order valence-corrected chi connectivity index (χ1v) is 3.72. The molecular weight excluding hydrogens is 158 g/mol. The van der Waals surface area contributed by atoms with Crippen LogP contribution in [0.3, 0.4) is 0 Å². The zero-order valence-electron chi connectivity index (χ0n) is 7.63. The van der Waals surface area contributed by atoms with Gasteiger partial charge in [0.2, 0.25) is 11.8 Å². The smallest absolute Gasteiger partial charge is 0.242 e. The number of amides is 2. The van der Waals surface area contributed by atoms with Gasteiger partial charge >= 0.3 is 0 Å². The fourth-order valence-corrected chi connectivity index (χ4v) is 0.745. The van der Waals surface area contributed by atoms with Crippen LogP contribution in [0.25, 0.3) is 0 Å². The van der Waals surface area contributed by atoms with Crippen LogP contribution >= 0.6 is 0 Å². The van der Waals surface area contributed by atoms with Gasteiger partial charge in [0.1, 0.15) is 6.04 Å².